The van der Waals surface area contributed by atoms with E-state index in [2.05, 4.69) is 10.6 Å². The van der Waals surface area contributed by atoms with Crippen LogP contribution >= 0.6 is 0 Å². The van der Waals surface area contributed by atoms with Gasteiger partial charge < -0.3 is 16.4 Å². The SMILES string of the molecule is Cc1ccc(C(N)C(=O)NC(C)C(=O)NC(C)C)cc1. The summed E-state index contributed by atoms with van der Waals surface area (Å²) in [6, 6.07) is 6.09. The molecule has 0 fully saturated rings. The van der Waals surface area contributed by atoms with Gasteiger partial charge in [-0.05, 0) is 33.3 Å². The van der Waals surface area contributed by atoms with Crippen LogP contribution in [-0.2, 0) is 9.59 Å². The van der Waals surface area contributed by atoms with E-state index in [0.717, 1.165) is 11.1 Å². The lowest BCUT2D eigenvalue weighted by atomic mass is 10.0. The number of amides is 2. The van der Waals surface area contributed by atoms with Crippen LogP contribution < -0.4 is 16.4 Å². The first-order valence-electron chi connectivity index (χ1n) is 6.74. The van der Waals surface area contributed by atoms with E-state index in [4.69, 9.17) is 5.73 Å². The molecule has 0 spiro atoms. The highest BCUT2D eigenvalue weighted by Gasteiger charge is 2.21. The van der Waals surface area contributed by atoms with Gasteiger partial charge in [0.1, 0.15) is 12.1 Å². The van der Waals surface area contributed by atoms with Gasteiger partial charge in [0.15, 0.2) is 0 Å². The third-order valence-electron chi connectivity index (χ3n) is 2.90. The average Bonchev–Trinajstić information content (AvgIpc) is 2.37. The van der Waals surface area contributed by atoms with Crippen LogP contribution in [0.15, 0.2) is 24.3 Å². The molecule has 2 unspecified atom stereocenters. The van der Waals surface area contributed by atoms with Gasteiger partial charge in [-0.25, -0.2) is 0 Å². The Morgan fingerprint density at radius 1 is 1.00 bits per heavy atom. The fraction of sp³-hybridized carbons (Fsp3) is 0.467. The first-order chi connectivity index (χ1) is 9.31. The van der Waals surface area contributed by atoms with E-state index in [1.807, 2.05) is 45.0 Å². The van der Waals surface area contributed by atoms with E-state index in [1.165, 1.54) is 0 Å². The molecule has 0 aromatic heterocycles. The van der Waals surface area contributed by atoms with Crippen LogP contribution in [0.5, 0.6) is 0 Å². The second-order valence-corrected chi connectivity index (χ2v) is 5.28. The molecule has 20 heavy (non-hydrogen) atoms. The van der Waals surface area contributed by atoms with E-state index in [-0.39, 0.29) is 17.9 Å². The van der Waals surface area contributed by atoms with Crippen molar-refractivity contribution in [2.24, 2.45) is 5.73 Å². The van der Waals surface area contributed by atoms with E-state index in [1.54, 1.807) is 6.92 Å². The number of rotatable bonds is 5. The van der Waals surface area contributed by atoms with Crippen LogP contribution in [0.25, 0.3) is 0 Å². The second kappa shape index (κ2) is 7.05. The highest BCUT2D eigenvalue weighted by molar-refractivity contribution is 5.90. The molecular formula is C15H23N3O2. The van der Waals surface area contributed by atoms with Crippen molar-refractivity contribution in [3.05, 3.63) is 35.4 Å². The molecule has 0 saturated heterocycles. The fourth-order valence-electron chi connectivity index (χ4n) is 1.70. The number of nitrogens with one attached hydrogen (secondary N) is 2. The Bertz CT molecular complexity index is 469. The summed E-state index contributed by atoms with van der Waals surface area (Å²) in [5.41, 5.74) is 7.72. The summed E-state index contributed by atoms with van der Waals surface area (Å²) in [6.07, 6.45) is 0. The predicted octanol–water partition coefficient (Wildman–Crippen LogP) is 1.02. The normalized spacial score (nSPS) is 13.7. The maximum Gasteiger partial charge on any atom is 0.242 e. The maximum atomic E-state index is 12.0. The lowest BCUT2D eigenvalue weighted by Crippen LogP contribution is -2.49. The first kappa shape index (κ1) is 16.2. The number of nitrogens with two attached hydrogens (primary N) is 1. The topological polar surface area (TPSA) is 84.2 Å². The standard InChI is InChI=1S/C15H23N3O2/c1-9(2)17-14(19)11(4)18-15(20)13(16)12-7-5-10(3)6-8-12/h5-9,11,13H,16H2,1-4H3,(H,17,19)(H,18,20). The zero-order valence-electron chi connectivity index (χ0n) is 12.4. The largest absolute Gasteiger partial charge is 0.352 e. The molecule has 4 N–H and O–H groups in total. The Balaban J connectivity index is 2.61. The summed E-state index contributed by atoms with van der Waals surface area (Å²) in [5.74, 6) is -0.579. The Morgan fingerprint density at radius 2 is 1.55 bits per heavy atom. The van der Waals surface area contributed by atoms with Crippen molar-refractivity contribution in [1.29, 1.82) is 0 Å². The van der Waals surface area contributed by atoms with Gasteiger partial charge in [-0.1, -0.05) is 29.8 Å². The van der Waals surface area contributed by atoms with Crippen LogP contribution in [0, 0.1) is 6.92 Å². The van der Waals surface area contributed by atoms with E-state index in [9.17, 15) is 9.59 Å². The quantitative estimate of drug-likeness (QED) is 0.751. The molecule has 5 nitrogen and oxygen atoms in total. The van der Waals surface area contributed by atoms with Crippen molar-refractivity contribution in [3.8, 4) is 0 Å². The minimum absolute atomic E-state index is 0.0348. The van der Waals surface area contributed by atoms with Crippen molar-refractivity contribution < 1.29 is 9.59 Å². The van der Waals surface area contributed by atoms with Gasteiger partial charge in [0.05, 0.1) is 0 Å². The van der Waals surface area contributed by atoms with Crippen molar-refractivity contribution in [3.63, 3.8) is 0 Å². The van der Waals surface area contributed by atoms with Crippen LogP contribution in [0.1, 0.15) is 37.9 Å². The number of carbonyl (C=O) groups is 2. The Hall–Kier alpha value is -1.88. The predicted molar refractivity (Wildman–Crippen MR) is 79.0 cm³/mol. The number of hydrogen-bond acceptors (Lipinski definition) is 3. The van der Waals surface area contributed by atoms with E-state index in [0.29, 0.717) is 0 Å². The molecule has 2 amide bonds. The van der Waals surface area contributed by atoms with Gasteiger partial charge in [-0.2, -0.15) is 0 Å². The molecule has 1 aromatic rings. The Labute approximate surface area is 119 Å². The van der Waals surface area contributed by atoms with Crippen LogP contribution in [0.3, 0.4) is 0 Å². The van der Waals surface area contributed by atoms with Gasteiger partial charge in [-0.3, -0.25) is 9.59 Å². The highest BCUT2D eigenvalue weighted by atomic mass is 16.2. The Morgan fingerprint density at radius 3 is 2.05 bits per heavy atom. The number of aryl methyl sites for hydroxylation is 1. The molecule has 0 aliphatic carbocycles. The van der Waals surface area contributed by atoms with Crippen LogP contribution in [-0.4, -0.2) is 23.9 Å². The van der Waals surface area contributed by atoms with E-state index < -0.39 is 12.1 Å². The fourth-order valence-corrected chi connectivity index (χ4v) is 1.70. The zero-order valence-corrected chi connectivity index (χ0v) is 12.4. The van der Waals surface area contributed by atoms with Gasteiger partial charge in [0.2, 0.25) is 11.8 Å². The van der Waals surface area contributed by atoms with Gasteiger partial charge in [-0.15, -0.1) is 0 Å². The van der Waals surface area contributed by atoms with Gasteiger partial charge in [0.25, 0.3) is 0 Å². The van der Waals surface area contributed by atoms with Gasteiger partial charge in [0, 0.05) is 6.04 Å². The minimum Gasteiger partial charge on any atom is -0.352 e. The molecular weight excluding hydrogens is 254 g/mol. The third-order valence-corrected chi connectivity index (χ3v) is 2.90. The number of carbonyl (C=O) groups excluding carboxylic acids is 2. The number of benzene rings is 1. The summed E-state index contributed by atoms with van der Waals surface area (Å²) < 4.78 is 0. The van der Waals surface area contributed by atoms with Gasteiger partial charge >= 0.3 is 0 Å². The molecule has 5 heteroatoms. The summed E-state index contributed by atoms with van der Waals surface area (Å²) in [7, 11) is 0. The van der Waals surface area contributed by atoms with Crippen LogP contribution in [0.2, 0.25) is 0 Å². The average molecular weight is 277 g/mol. The molecule has 0 aliphatic heterocycles. The second-order valence-electron chi connectivity index (χ2n) is 5.28. The molecule has 110 valence electrons. The molecule has 0 saturated carbocycles. The molecule has 1 aromatic carbocycles. The molecule has 0 bridgehead atoms. The summed E-state index contributed by atoms with van der Waals surface area (Å²) in [6.45, 7) is 7.33. The van der Waals surface area contributed by atoms with Crippen molar-refractivity contribution in [2.45, 2.75) is 45.8 Å². The van der Waals surface area contributed by atoms with E-state index >= 15 is 0 Å². The smallest absolute Gasteiger partial charge is 0.242 e. The molecule has 0 heterocycles. The van der Waals surface area contributed by atoms with Crippen LogP contribution in [0.4, 0.5) is 0 Å². The number of hydrogen-bond donors (Lipinski definition) is 3. The molecule has 0 radical (unpaired) electrons. The summed E-state index contributed by atoms with van der Waals surface area (Å²) >= 11 is 0. The monoisotopic (exact) mass is 277 g/mol. The van der Waals surface area contributed by atoms with Crippen molar-refractivity contribution >= 4 is 11.8 Å². The Kier molecular flexibility index (Phi) is 5.70. The van der Waals surface area contributed by atoms with Crippen molar-refractivity contribution in [1.82, 2.24) is 10.6 Å². The highest BCUT2D eigenvalue weighted by Crippen LogP contribution is 2.11. The lowest BCUT2D eigenvalue weighted by Gasteiger charge is -2.18. The maximum absolute atomic E-state index is 12.0. The summed E-state index contributed by atoms with van der Waals surface area (Å²) in [4.78, 5) is 23.7. The molecule has 0 aliphatic rings. The van der Waals surface area contributed by atoms with Crippen molar-refractivity contribution in [2.75, 3.05) is 0 Å². The molecule has 2 atom stereocenters. The lowest BCUT2D eigenvalue weighted by molar-refractivity contribution is -0.129. The third kappa shape index (κ3) is 4.66. The molecule has 1 rings (SSSR count). The summed E-state index contributed by atoms with van der Waals surface area (Å²) in [5, 5.41) is 5.36. The first-order valence-corrected chi connectivity index (χ1v) is 6.74. The zero-order chi connectivity index (χ0) is 15.3. The minimum atomic E-state index is -0.773.